The van der Waals surface area contributed by atoms with E-state index in [2.05, 4.69) is 5.32 Å². The van der Waals surface area contributed by atoms with Gasteiger partial charge in [-0.1, -0.05) is 18.2 Å². The van der Waals surface area contributed by atoms with Crippen molar-refractivity contribution in [1.29, 1.82) is 0 Å². The van der Waals surface area contributed by atoms with E-state index in [-0.39, 0.29) is 5.78 Å². The second-order valence-electron chi connectivity index (χ2n) is 6.86. The Hall–Kier alpha value is -2.04. The average Bonchev–Trinajstić information content (AvgIpc) is 2.47. The minimum absolute atomic E-state index is 0.000825. The first-order chi connectivity index (χ1) is 10.8. The summed E-state index contributed by atoms with van der Waals surface area (Å²) in [6.45, 7) is 5.39. The van der Waals surface area contributed by atoms with E-state index in [4.69, 9.17) is 9.47 Å². The fraction of sp³-hybridized carbons (Fsp3) is 0.556. The number of hydrogen-bond donors (Lipinski definition) is 1. The van der Waals surface area contributed by atoms with Crippen LogP contribution in [0.3, 0.4) is 0 Å². The third kappa shape index (κ3) is 3.84. The van der Waals surface area contributed by atoms with Gasteiger partial charge in [0.2, 0.25) is 0 Å². The number of benzene rings is 1. The van der Waals surface area contributed by atoms with Crippen molar-refractivity contribution in [2.24, 2.45) is 0 Å². The molecule has 0 aromatic heterocycles. The summed E-state index contributed by atoms with van der Waals surface area (Å²) in [6.07, 6.45) is 2.10. The zero-order chi connectivity index (χ0) is 17.1. The van der Waals surface area contributed by atoms with Crippen molar-refractivity contribution in [3.8, 4) is 5.75 Å². The molecule has 1 aromatic carbocycles. The molecule has 1 saturated carbocycles. The summed E-state index contributed by atoms with van der Waals surface area (Å²) in [5.74, 6) is 0.595. The van der Waals surface area contributed by atoms with Crippen LogP contribution in [0.1, 0.15) is 52.0 Å². The number of rotatable bonds is 3. The molecule has 1 N–H and O–H groups in total. The van der Waals surface area contributed by atoms with Crippen molar-refractivity contribution in [1.82, 2.24) is 5.32 Å². The lowest BCUT2D eigenvalue weighted by Gasteiger charge is -2.38. The molecule has 5 nitrogen and oxygen atoms in total. The van der Waals surface area contributed by atoms with Gasteiger partial charge in [0.15, 0.2) is 5.78 Å². The highest BCUT2D eigenvalue weighted by molar-refractivity contribution is 5.94. The van der Waals surface area contributed by atoms with E-state index >= 15 is 0 Å². The van der Waals surface area contributed by atoms with E-state index in [0.29, 0.717) is 24.2 Å². The minimum Gasteiger partial charge on any atom is -0.496 e. The van der Waals surface area contributed by atoms with Crippen LogP contribution in [0.15, 0.2) is 24.3 Å². The Morgan fingerprint density at radius 3 is 2.52 bits per heavy atom. The topological polar surface area (TPSA) is 64.6 Å². The highest BCUT2D eigenvalue weighted by Crippen LogP contribution is 2.39. The van der Waals surface area contributed by atoms with E-state index in [1.807, 2.05) is 18.2 Å². The molecule has 1 unspecified atom stereocenters. The first-order valence-corrected chi connectivity index (χ1v) is 7.96. The number of para-hydroxylation sites is 1. The summed E-state index contributed by atoms with van der Waals surface area (Å²) in [4.78, 5) is 25.1. The molecule has 126 valence electrons. The lowest BCUT2D eigenvalue weighted by Crippen LogP contribution is -2.54. The van der Waals surface area contributed by atoms with Crippen molar-refractivity contribution < 1.29 is 19.1 Å². The molecule has 2 rings (SSSR count). The van der Waals surface area contributed by atoms with Crippen LogP contribution in [0.5, 0.6) is 5.75 Å². The lowest BCUT2D eigenvalue weighted by molar-refractivity contribution is -0.128. The first kappa shape index (κ1) is 17.3. The third-order valence-electron chi connectivity index (χ3n) is 3.96. The Bertz CT molecular complexity index is 591. The maximum atomic E-state index is 12.8. The fourth-order valence-electron chi connectivity index (χ4n) is 2.99. The van der Waals surface area contributed by atoms with E-state index in [1.54, 1.807) is 33.9 Å². The molecule has 0 saturated heterocycles. The molecule has 0 radical (unpaired) electrons. The molecule has 1 amide bonds. The van der Waals surface area contributed by atoms with Crippen LogP contribution in [0.4, 0.5) is 4.79 Å². The van der Waals surface area contributed by atoms with E-state index in [0.717, 1.165) is 12.8 Å². The molecule has 1 aromatic rings. The second-order valence-corrected chi connectivity index (χ2v) is 6.86. The van der Waals surface area contributed by atoms with Gasteiger partial charge in [-0.2, -0.15) is 0 Å². The molecule has 1 atom stereocenters. The number of methoxy groups -OCH3 is 1. The fourth-order valence-corrected chi connectivity index (χ4v) is 2.99. The van der Waals surface area contributed by atoms with Crippen LogP contribution in [0.25, 0.3) is 0 Å². The van der Waals surface area contributed by atoms with Gasteiger partial charge < -0.3 is 14.8 Å². The summed E-state index contributed by atoms with van der Waals surface area (Å²) in [5, 5.41) is 2.84. The maximum absolute atomic E-state index is 12.8. The second kappa shape index (κ2) is 6.60. The van der Waals surface area contributed by atoms with E-state index < -0.39 is 17.2 Å². The molecular formula is C18H25NO4. The number of alkyl carbamates (subject to hydrolysis) is 1. The molecule has 5 heteroatoms. The summed E-state index contributed by atoms with van der Waals surface area (Å²) in [7, 11) is 1.56. The number of carbonyl (C=O) groups is 2. The van der Waals surface area contributed by atoms with Gasteiger partial charge in [-0.15, -0.1) is 0 Å². The number of Topliss-reactive ketones (excluding diaryl/α,β-unsaturated/α-hetero) is 1. The number of ketones is 1. The Balaban J connectivity index is 2.41. The summed E-state index contributed by atoms with van der Waals surface area (Å²) >= 11 is 0. The van der Waals surface area contributed by atoms with Gasteiger partial charge >= 0.3 is 6.09 Å². The van der Waals surface area contributed by atoms with Gasteiger partial charge in [0, 0.05) is 12.0 Å². The highest BCUT2D eigenvalue weighted by atomic mass is 16.6. The van der Waals surface area contributed by atoms with Gasteiger partial charge in [0.05, 0.1) is 7.11 Å². The van der Waals surface area contributed by atoms with Crippen LogP contribution < -0.4 is 10.1 Å². The van der Waals surface area contributed by atoms with Crippen molar-refractivity contribution in [2.75, 3.05) is 7.11 Å². The van der Waals surface area contributed by atoms with Crippen LogP contribution in [-0.2, 0) is 15.1 Å². The molecule has 1 aliphatic carbocycles. The van der Waals surface area contributed by atoms with Crippen molar-refractivity contribution in [3.63, 3.8) is 0 Å². The van der Waals surface area contributed by atoms with Gasteiger partial charge in [0.1, 0.15) is 16.9 Å². The van der Waals surface area contributed by atoms with E-state index in [9.17, 15) is 9.59 Å². The zero-order valence-electron chi connectivity index (χ0n) is 14.3. The van der Waals surface area contributed by atoms with Gasteiger partial charge in [-0.3, -0.25) is 4.79 Å². The third-order valence-corrected chi connectivity index (χ3v) is 3.96. The highest BCUT2D eigenvalue weighted by Gasteiger charge is 2.45. The molecule has 1 fully saturated rings. The van der Waals surface area contributed by atoms with Gasteiger partial charge in [0.25, 0.3) is 0 Å². The zero-order valence-corrected chi connectivity index (χ0v) is 14.3. The van der Waals surface area contributed by atoms with Crippen LogP contribution >= 0.6 is 0 Å². The quantitative estimate of drug-likeness (QED) is 0.925. The molecule has 0 spiro atoms. The number of carbonyl (C=O) groups excluding carboxylic acids is 2. The smallest absolute Gasteiger partial charge is 0.408 e. The SMILES string of the molecule is COc1ccccc1C1(NC(=O)OC(C)(C)C)CCCCC1=O. The molecular weight excluding hydrogens is 294 g/mol. The summed E-state index contributed by atoms with van der Waals surface area (Å²) < 4.78 is 10.8. The van der Waals surface area contributed by atoms with Gasteiger partial charge in [-0.05, 0) is 46.1 Å². The summed E-state index contributed by atoms with van der Waals surface area (Å²) in [6, 6.07) is 7.32. The van der Waals surface area contributed by atoms with Crippen molar-refractivity contribution in [2.45, 2.75) is 57.6 Å². The van der Waals surface area contributed by atoms with Crippen molar-refractivity contribution in [3.05, 3.63) is 29.8 Å². The Labute approximate surface area is 137 Å². The van der Waals surface area contributed by atoms with E-state index in [1.165, 1.54) is 0 Å². The predicted molar refractivity (Wildman–Crippen MR) is 87.5 cm³/mol. The number of amides is 1. The molecule has 1 aliphatic rings. The minimum atomic E-state index is -1.08. The monoisotopic (exact) mass is 319 g/mol. The predicted octanol–water partition coefficient (Wildman–Crippen LogP) is 3.56. The Morgan fingerprint density at radius 1 is 1.22 bits per heavy atom. The normalized spacial score (nSPS) is 21.7. The van der Waals surface area contributed by atoms with Crippen LogP contribution in [0.2, 0.25) is 0 Å². The average molecular weight is 319 g/mol. The standard InChI is InChI=1S/C18H25NO4/c1-17(2,3)23-16(21)19-18(12-8-7-11-15(18)20)13-9-5-6-10-14(13)22-4/h5-6,9-10H,7-8,11-12H2,1-4H3,(H,19,21). The Morgan fingerprint density at radius 2 is 1.91 bits per heavy atom. The molecule has 0 heterocycles. The number of ether oxygens (including phenoxy) is 2. The largest absolute Gasteiger partial charge is 0.496 e. The molecule has 0 bridgehead atoms. The molecule has 23 heavy (non-hydrogen) atoms. The molecule has 0 aliphatic heterocycles. The van der Waals surface area contributed by atoms with Crippen molar-refractivity contribution >= 4 is 11.9 Å². The maximum Gasteiger partial charge on any atom is 0.408 e. The van der Waals surface area contributed by atoms with Crippen LogP contribution in [0, 0.1) is 0 Å². The number of nitrogens with one attached hydrogen (secondary N) is 1. The first-order valence-electron chi connectivity index (χ1n) is 7.96. The number of hydrogen-bond acceptors (Lipinski definition) is 4. The lowest BCUT2D eigenvalue weighted by atomic mass is 9.75. The van der Waals surface area contributed by atoms with Crippen LogP contribution in [-0.4, -0.2) is 24.6 Å². The van der Waals surface area contributed by atoms with Gasteiger partial charge in [-0.25, -0.2) is 4.79 Å². The Kier molecular flexibility index (Phi) is 4.97. The summed E-state index contributed by atoms with van der Waals surface area (Å²) in [5.41, 5.74) is -1.00.